The maximum absolute atomic E-state index is 13.8. The van der Waals surface area contributed by atoms with E-state index in [4.69, 9.17) is 0 Å². The smallest absolute Gasteiger partial charge is 0.243 e. The lowest BCUT2D eigenvalue weighted by molar-refractivity contribution is -0.146. The Hall–Kier alpha value is -1.40. The number of amides is 1. The summed E-state index contributed by atoms with van der Waals surface area (Å²) in [7, 11) is -3.67. The number of hydrogen-bond donors (Lipinski definition) is 0. The van der Waals surface area contributed by atoms with Gasteiger partial charge < -0.3 is 4.90 Å². The zero-order chi connectivity index (χ0) is 20.6. The fourth-order valence-corrected chi connectivity index (χ4v) is 7.30. The maximum Gasteiger partial charge on any atom is 0.243 e. The Morgan fingerprint density at radius 1 is 0.931 bits per heavy atom. The average molecular weight is 419 g/mol. The van der Waals surface area contributed by atoms with Gasteiger partial charge in [0.2, 0.25) is 15.9 Å². The van der Waals surface area contributed by atoms with Crippen LogP contribution in [-0.4, -0.2) is 48.2 Å². The van der Waals surface area contributed by atoms with Crippen LogP contribution < -0.4 is 0 Å². The van der Waals surface area contributed by atoms with Gasteiger partial charge in [0.05, 0.1) is 4.90 Å². The maximum atomic E-state index is 13.8. The van der Waals surface area contributed by atoms with Crippen LogP contribution in [0.5, 0.6) is 0 Å². The summed E-state index contributed by atoms with van der Waals surface area (Å²) >= 11 is 0. The van der Waals surface area contributed by atoms with Crippen molar-refractivity contribution < 1.29 is 13.2 Å². The predicted molar refractivity (Wildman–Crippen MR) is 114 cm³/mol. The predicted octanol–water partition coefficient (Wildman–Crippen LogP) is 4.11. The van der Waals surface area contributed by atoms with Crippen LogP contribution in [0.2, 0.25) is 0 Å². The topological polar surface area (TPSA) is 57.7 Å². The van der Waals surface area contributed by atoms with Gasteiger partial charge in [-0.1, -0.05) is 37.0 Å². The lowest BCUT2D eigenvalue weighted by Gasteiger charge is -2.50. The summed E-state index contributed by atoms with van der Waals surface area (Å²) in [5.41, 5.74) is 1.03. The van der Waals surface area contributed by atoms with Crippen LogP contribution in [0.15, 0.2) is 29.2 Å². The average Bonchev–Trinajstić information content (AvgIpc) is 2.73. The largest absolute Gasteiger partial charge is 0.335 e. The van der Waals surface area contributed by atoms with Crippen LogP contribution in [0, 0.1) is 12.8 Å². The molecule has 6 heteroatoms. The van der Waals surface area contributed by atoms with Gasteiger partial charge in [0, 0.05) is 18.6 Å². The number of carbonyl (C=O) groups excluding carboxylic acids is 1. The minimum atomic E-state index is -3.67. The molecule has 0 spiro atoms. The highest BCUT2D eigenvalue weighted by Crippen LogP contribution is 2.39. The van der Waals surface area contributed by atoms with Gasteiger partial charge in [-0.3, -0.25) is 4.79 Å². The van der Waals surface area contributed by atoms with E-state index in [-0.39, 0.29) is 11.9 Å². The van der Waals surface area contributed by atoms with Crippen molar-refractivity contribution in [3.8, 4) is 0 Å². The van der Waals surface area contributed by atoms with Crippen LogP contribution >= 0.6 is 0 Å². The van der Waals surface area contributed by atoms with Crippen molar-refractivity contribution in [3.63, 3.8) is 0 Å². The van der Waals surface area contributed by atoms with Gasteiger partial charge in [0.25, 0.3) is 0 Å². The molecule has 2 saturated heterocycles. The number of carbonyl (C=O) groups is 1. The fourth-order valence-electron chi connectivity index (χ4n) is 5.65. The molecule has 0 bridgehead atoms. The highest BCUT2D eigenvalue weighted by atomic mass is 32.2. The molecule has 1 amide bonds. The van der Waals surface area contributed by atoms with E-state index in [0.29, 0.717) is 29.8 Å². The molecule has 29 heavy (non-hydrogen) atoms. The van der Waals surface area contributed by atoms with Crippen LogP contribution in [0.4, 0.5) is 0 Å². The fraction of sp³-hybridized carbons (Fsp3) is 0.696. The van der Waals surface area contributed by atoms with E-state index in [2.05, 4.69) is 11.8 Å². The number of hydrogen-bond acceptors (Lipinski definition) is 3. The molecule has 1 saturated carbocycles. The number of benzene rings is 1. The van der Waals surface area contributed by atoms with E-state index < -0.39 is 16.1 Å². The molecule has 4 unspecified atom stereocenters. The molecule has 4 atom stereocenters. The summed E-state index contributed by atoms with van der Waals surface area (Å²) in [6.07, 6.45) is 9.29. The number of likely N-dealkylation sites (tertiary alicyclic amines) is 1. The first-order valence-electron chi connectivity index (χ1n) is 11.3. The third-order valence-corrected chi connectivity index (χ3v) is 9.20. The van der Waals surface area contributed by atoms with Gasteiger partial charge >= 0.3 is 0 Å². The Balaban J connectivity index is 1.62. The minimum Gasteiger partial charge on any atom is -0.335 e. The van der Waals surface area contributed by atoms with Gasteiger partial charge in [-0.25, -0.2) is 8.42 Å². The Kier molecular flexibility index (Phi) is 6.03. The first-order valence-corrected chi connectivity index (χ1v) is 12.7. The molecule has 2 heterocycles. The van der Waals surface area contributed by atoms with Gasteiger partial charge in [0.1, 0.15) is 6.04 Å². The Morgan fingerprint density at radius 2 is 1.62 bits per heavy atom. The molecule has 160 valence electrons. The highest BCUT2D eigenvalue weighted by molar-refractivity contribution is 7.89. The van der Waals surface area contributed by atoms with E-state index >= 15 is 0 Å². The zero-order valence-electron chi connectivity index (χ0n) is 17.7. The molecule has 0 N–H and O–H groups in total. The minimum absolute atomic E-state index is 0.0458. The zero-order valence-corrected chi connectivity index (χ0v) is 18.5. The van der Waals surface area contributed by atoms with Crippen molar-refractivity contribution in [2.24, 2.45) is 5.92 Å². The second kappa shape index (κ2) is 8.38. The summed E-state index contributed by atoms with van der Waals surface area (Å²) in [6.45, 7) is 4.52. The second-order valence-corrected chi connectivity index (χ2v) is 11.1. The summed E-state index contributed by atoms with van der Waals surface area (Å²) in [5.74, 6) is 0.638. The van der Waals surface area contributed by atoms with E-state index in [0.717, 1.165) is 31.2 Å². The summed E-state index contributed by atoms with van der Waals surface area (Å²) in [4.78, 5) is 16.2. The summed E-state index contributed by atoms with van der Waals surface area (Å²) in [5, 5.41) is 0. The monoisotopic (exact) mass is 418 g/mol. The van der Waals surface area contributed by atoms with Crippen molar-refractivity contribution in [1.29, 1.82) is 0 Å². The molecule has 4 rings (SSSR count). The normalized spacial score (nSPS) is 31.3. The number of sulfonamides is 1. The Bertz CT molecular complexity index is 836. The van der Waals surface area contributed by atoms with E-state index in [9.17, 15) is 13.2 Å². The van der Waals surface area contributed by atoms with Crippen molar-refractivity contribution in [1.82, 2.24) is 9.21 Å². The van der Waals surface area contributed by atoms with Crippen molar-refractivity contribution in [2.75, 3.05) is 6.54 Å². The molecule has 5 nitrogen and oxygen atoms in total. The van der Waals surface area contributed by atoms with Gasteiger partial charge in [-0.05, 0) is 70.4 Å². The van der Waals surface area contributed by atoms with Crippen LogP contribution in [0.25, 0.3) is 0 Å². The Morgan fingerprint density at radius 3 is 2.38 bits per heavy atom. The molecular weight excluding hydrogens is 384 g/mol. The number of aryl methyl sites for hydroxylation is 1. The molecule has 1 aliphatic carbocycles. The Labute approximate surface area is 175 Å². The molecule has 3 fully saturated rings. The van der Waals surface area contributed by atoms with Gasteiger partial charge in [-0.15, -0.1) is 0 Å². The molecule has 3 aliphatic rings. The van der Waals surface area contributed by atoms with E-state index in [1.165, 1.54) is 30.0 Å². The van der Waals surface area contributed by atoms with Crippen molar-refractivity contribution in [3.05, 3.63) is 29.8 Å². The van der Waals surface area contributed by atoms with Crippen LogP contribution in [0.3, 0.4) is 0 Å². The van der Waals surface area contributed by atoms with E-state index in [1.807, 2.05) is 19.1 Å². The van der Waals surface area contributed by atoms with Gasteiger partial charge in [-0.2, -0.15) is 4.31 Å². The third kappa shape index (κ3) is 3.98. The molecular formula is C23H34N2O3S. The number of piperidine rings is 2. The number of nitrogens with zero attached hydrogens (tertiary/aromatic N) is 2. The quantitative estimate of drug-likeness (QED) is 0.742. The molecule has 1 aromatic rings. The third-order valence-electron chi connectivity index (χ3n) is 7.28. The van der Waals surface area contributed by atoms with Gasteiger partial charge in [0.15, 0.2) is 0 Å². The summed E-state index contributed by atoms with van der Waals surface area (Å²) in [6, 6.07) is 6.93. The molecule has 0 radical (unpaired) electrons. The number of rotatable bonds is 3. The SMILES string of the molecule is Cc1ccc(S(=O)(=O)N2CCCCC2C(=O)N2C(C)CCC3CCCCC32)cc1. The van der Waals surface area contributed by atoms with Crippen LogP contribution in [0.1, 0.15) is 70.3 Å². The first kappa shape index (κ1) is 20.9. The standard InChI is InChI=1S/C23H34N2O3S/c1-17-10-14-20(15-11-17)29(27,28)24-16-6-5-9-22(24)23(26)25-18(2)12-13-19-7-3-4-8-21(19)25/h10-11,14-15,18-19,21-22H,3-9,12-13,16H2,1-2H3. The van der Waals surface area contributed by atoms with Crippen LogP contribution in [-0.2, 0) is 14.8 Å². The van der Waals surface area contributed by atoms with Crippen molar-refractivity contribution >= 4 is 15.9 Å². The number of fused-ring (bicyclic) bond motifs is 1. The van der Waals surface area contributed by atoms with E-state index in [1.54, 1.807) is 12.1 Å². The lowest BCUT2D eigenvalue weighted by atomic mass is 9.76. The molecule has 0 aromatic heterocycles. The molecule has 2 aliphatic heterocycles. The van der Waals surface area contributed by atoms with Crippen molar-refractivity contribution in [2.45, 2.75) is 94.7 Å². The second-order valence-electron chi connectivity index (χ2n) is 9.22. The highest BCUT2D eigenvalue weighted by Gasteiger charge is 2.45. The summed E-state index contributed by atoms with van der Waals surface area (Å²) < 4.78 is 28.3. The molecule has 1 aromatic carbocycles. The first-order chi connectivity index (χ1) is 13.9. The lowest BCUT2D eigenvalue weighted by Crippen LogP contribution is -2.60.